The number of hydrazone groups is 1. The molecule has 2 saturated heterocycles. The highest BCUT2D eigenvalue weighted by Crippen LogP contribution is 2.26. The van der Waals surface area contributed by atoms with Crippen LogP contribution < -0.4 is 20.0 Å². The van der Waals surface area contributed by atoms with Crippen LogP contribution in [0, 0.1) is 0 Å². The Morgan fingerprint density at radius 2 is 1.53 bits per heavy atom. The zero-order valence-electron chi connectivity index (χ0n) is 21.2. The lowest BCUT2D eigenvalue weighted by Gasteiger charge is -2.20. The molecule has 1 aromatic heterocycles. The maximum atomic E-state index is 6.31. The minimum absolute atomic E-state index is 0.431. The summed E-state index contributed by atoms with van der Waals surface area (Å²) in [7, 11) is 0. The number of hydrogen-bond donors (Lipinski definition) is 1. The molecule has 4 aromatic rings. The molecule has 2 aliphatic heterocycles. The fourth-order valence-corrected chi connectivity index (χ4v) is 5.19. The van der Waals surface area contributed by atoms with Gasteiger partial charge in [-0.2, -0.15) is 20.1 Å². The SMILES string of the molecule is Clc1ccc(OCc2cccc3ccccc23)c(C=NNc2nc(N3CCCC3)nc(N3CCCC3)n2)c1. The lowest BCUT2D eigenvalue weighted by atomic mass is 10.1. The van der Waals surface area contributed by atoms with Crippen LogP contribution in [0.3, 0.4) is 0 Å². The van der Waals surface area contributed by atoms with Gasteiger partial charge in [0.15, 0.2) is 0 Å². The standard InChI is InChI=1S/C29H30ClN7O/c30-24-12-13-26(38-20-22-10-7-9-21-8-1-2-11-25(21)22)23(18-24)19-31-35-27-32-28(36-14-3-4-15-36)34-29(33-27)37-16-5-6-17-37/h1-2,7-13,18-19H,3-6,14-17,20H2,(H,32,33,34,35). The van der Waals surface area contributed by atoms with Crippen molar-refractivity contribution in [2.75, 3.05) is 41.4 Å². The van der Waals surface area contributed by atoms with Crippen LogP contribution in [-0.4, -0.2) is 47.3 Å². The molecule has 194 valence electrons. The predicted octanol–water partition coefficient (Wildman–Crippen LogP) is 5.90. The lowest BCUT2D eigenvalue weighted by Crippen LogP contribution is -2.25. The van der Waals surface area contributed by atoms with Crippen LogP contribution in [0.1, 0.15) is 36.8 Å². The van der Waals surface area contributed by atoms with Gasteiger partial charge in [0.2, 0.25) is 17.8 Å². The molecule has 1 N–H and O–H groups in total. The molecule has 0 atom stereocenters. The van der Waals surface area contributed by atoms with Crippen molar-refractivity contribution >= 4 is 46.4 Å². The summed E-state index contributed by atoms with van der Waals surface area (Å²) in [4.78, 5) is 18.5. The highest BCUT2D eigenvalue weighted by atomic mass is 35.5. The summed E-state index contributed by atoms with van der Waals surface area (Å²) in [5.41, 5.74) is 4.90. The van der Waals surface area contributed by atoms with E-state index >= 15 is 0 Å². The van der Waals surface area contributed by atoms with Crippen molar-refractivity contribution in [1.82, 2.24) is 15.0 Å². The van der Waals surface area contributed by atoms with E-state index in [1.165, 1.54) is 10.8 Å². The first kappa shape index (κ1) is 24.4. The Morgan fingerprint density at radius 1 is 0.842 bits per heavy atom. The summed E-state index contributed by atoms with van der Waals surface area (Å²) in [6.45, 7) is 4.29. The summed E-state index contributed by atoms with van der Waals surface area (Å²) in [5, 5.41) is 7.43. The number of anilines is 3. The molecule has 3 aromatic carbocycles. The van der Waals surface area contributed by atoms with Crippen molar-refractivity contribution in [2.24, 2.45) is 5.10 Å². The number of rotatable bonds is 8. The number of hydrogen-bond acceptors (Lipinski definition) is 8. The molecule has 2 aliphatic rings. The molecule has 0 amide bonds. The van der Waals surface area contributed by atoms with Gasteiger partial charge in [-0.3, -0.25) is 0 Å². The van der Waals surface area contributed by atoms with Gasteiger partial charge < -0.3 is 14.5 Å². The van der Waals surface area contributed by atoms with E-state index in [1.807, 2.05) is 30.3 Å². The summed E-state index contributed by atoms with van der Waals surface area (Å²) >= 11 is 6.31. The summed E-state index contributed by atoms with van der Waals surface area (Å²) in [5.74, 6) is 2.54. The highest BCUT2D eigenvalue weighted by molar-refractivity contribution is 6.30. The van der Waals surface area contributed by atoms with Crippen LogP contribution >= 0.6 is 11.6 Å². The Balaban J connectivity index is 1.21. The first-order valence-corrected chi connectivity index (χ1v) is 13.5. The van der Waals surface area contributed by atoms with Crippen LogP contribution in [0.4, 0.5) is 17.8 Å². The molecule has 38 heavy (non-hydrogen) atoms. The zero-order chi connectivity index (χ0) is 25.7. The summed E-state index contributed by atoms with van der Waals surface area (Å²) in [6, 6.07) is 20.1. The van der Waals surface area contributed by atoms with Gasteiger partial charge in [-0.05, 0) is 60.2 Å². The molecular formula is C29H30ClN7O. The summed E-state index contributed by atoms with van der Waals surface area (Å²) < 4.78 is 6.23. The van der Waals surface area contributed by atoms with Crippen molar-refractivity contribution in [3.63, 3.8) is 0 Å². The number of ether oxygens (including phenoxy) is 1. The van der Waals surface area contributed by atoms with Crippen LogP contribution in [0.5, 0.6) is 5.75 Å². The molecule has 0 unspecified atom stereocenters. The molecule has 0 bridgehead atoms. The second-order valence-electron chi connectivity index (χ2n) is 9.63. The van der Waals surface area contributed by atoms with E-state index < -0.39 is 0 Å². The van der Waals surface area contributed by atoms with E-state index in [4.69, 9.17) is 21.3 Å². The molecule has 6 rings (SSSR count). The van der Waals surface area contributed by atoms with Crippen LogP contribution in [0.25, 0.3) is 10.8 Å². The maximum absolute atomic E-state index is 6.31. The number of aromatic nitrogens is 3. The average molecular weight is 528 g/mol. The number of nitrogens with zero attached hydrogens (tertiary/aromatic N) is 6. The van der Waals surface area contributed by atoms with Gasteiger partial charge in [0.25, 0.3) is 0 Å². The third-order valence-electron chi connectivity index (χ3n) is 6.99. The molecule has 3 heterocycles. The zero-order valence-corrected chi connectivity index (χ0v) is 21.9. The van der Waals surface area contributed by atoms with Gasteiger partial charge in [0.1, 0.15) is 12.4 Å². The van der Waals surface area contributed by atoms with Crippen molar-refractivity contribution in [1.29, 1.82) is 0 Å². The average Bonchev–Trinajstić information content (AvgIpc) is 3.68. The molecule has 9 heteroatoms. The van der Waals surface area contributed by atoms with Gasteiger partial charge in [-0.25, -0.2) is 5.43 Å². The van der Waals surface area contributed by atoms with Crippen molar-refractivity contribution < 1.29 is 4.74 Å². The minimum atomic E-state index is 0.431. The number of benzene rings is 3. The maximum Gasteiger partial charge on any atom is 0.250 e. The summed E-state index contributed by atoms with van der Waals surface area (Å²) in [6.07, 6.45) is 6.31. The van der Waals surface area contributed by atoms with Crippen molar-refractivity contribution in [3.8, 4) is 5.75 Å². The minimum Gasteiger partial charge on any atom is -0.488 e. The quantitative estimate of drug-likeness (QED) is 0.225. The van der Waals surface area contributed by atoms with Gasteiger partial charge in [0, 0.05) is 36.8 Å². The lowest BCUT2D eigenvalue weighted by molar-refractivity contribution is 0.307. The van der Waals surface area contributed by atoms with Crippen LogP contribution in [-0.2, 0) is 6.61 Å². The predicted molar refractivity (Wildman–Crippen MR) is 154 cm³/mol. The van der Waals surface area contributed by atoms with E-state index in [9.17, 15) is 0 Å². The van der Waals surface area contributed by atoms with Crippen molar-refractivity contribution in [3.05, 3.63) is 76.8 Å². The third-order valence-corrected chi connectivity index (χ3v) is 7.23. The van der Waals surface area contributed by atoms with E-state index in [1.54, 1.807) is 6.21 Å². The molecule has 8 nitrogen and oxygen atoms in total. The molecule has 0 aliphatic carbocycles. The smallest absolute Gasteiger partial charge is 0.250 e. The first-order valence-electron chi connectivity index (χ1n) is 13.2. The second kappa shape index (κ2) is 11.2. The second-order valence-corrected chi connectivity index (χ2v) is 10.1. The van der Waals surface area contributed by atoms with Crippen LogP contribution in [0.2, 0.25) is 5.02 Å². The number of halogens is 1. The molecule has 0 spiro atoms. The highest BCUT2D eigenvalue weighted by Gasteiger charge is 2.21. The topological polar surface area (TPSA) is 78.8 Å². The molecule has 0 radical (unpaired) electrons. The Morgan fingerprint density at radius 3 is 2.26 bits per heavy atom. The fourth-order valence-electron chi connectivity index (χ4n) is 5.01. The van der Waals surface area contributed by atoms with E-state index in [2.05, 4.69) is 60.6 Å². The molecular weight excluding hydrogens is 498 g/mol. The largest absolute Gasteiger partial charge is 0.488 e. The third kappa shape index (κ3) is 5.50. The van der Waals surface area contributed by atoms with E-state index in [-0.39, 0.29) is 0 Å². The van der Waals surface area contributed by atoms with Crippen molar-refractivity contribution in [2.45, 2.75) is 32.3 Å². The van der Waals surface area contributed by atoms with Crippen LogP contribution in [0.15, 0.2) is 65.8 Å². The van der Waals surface area contributed by atoms with Gasteiger partial charge in [-0.15, -0.1) is 0 Å². The Bertz CT molecular complexity index is 1410. The van der Waals surface area contributed by atoms with E-state index in [0.717, 1.165) is 63.0 Å². The normalized spacial score (nSPS) is 15.6. The Labute approximate surface area is 227 Å². The monoisotopic (exact) mass is 527 g/mol. The van der Waals surface area contributed by atoms with E-state index in [0.29, 0.717) is 35.2 Å². The molecule has 2 fully saturated rings. The van der Waals surface area contributed by atoms with Gasteiger partial charge in [0.05, 0.1) is 6.21 Å². The van der Waals surface area contributed by atoms with Gasteiger partial charge >= 0.3 is 0 Å². The first-order chi connectivity index (χ1) is 18.7. The Kier molecular flexibility index (Phi) is 7.22. The fraction of sp³-hybridized carbons (Fsp3) is 0.310. The number of nitrogens with one attached hydrogen (secondary N) is 1. The Hall–Kier alpha value is -3.91. The van der Waals surface area contributed by atoms with Gasteiger partial charge in [-0.1, -0.05) is 54.1 Å². The molecule has 0 saturated carbocycles. The number of fused-ring (bicyclic) bond motifs is 1.